The zero-order valence-electron chi connectivity index (χ0n) is 10.6. The van der Waals surface area contributed by atoms with Crippen LogP contribution in [0.3, 0.4) is 0 Å². The largest absolute Gasteiger partial charge is 0.494 e. The van der Waals surface area contributed by atoms with Crippen molar-refractivity contribution in [1.29, 1.82) is 0 Å². The minimum Gasteiger partial charge on any atom is -0.494 e. The maximum atomic E-state index is 12.6. The van der Waals surface area contributed by atoms with Crippen LogP contribution in [-0.2, 0) is 9.53 Å². The first kappa shape index (κ1) is 14.4. The van der Waals surface area contributed by atoms with E-state index in [2.05, 4.69) is 4.74 Å². The van der Waals surface area contributed by atoms with Crippen LogP contribution in [0.15, 0.2) is 24.3 Å². The lowest BCUT2D eigenvalue weighted by molar-refractivity contribution is -0.146. The second-order valence-corrected chi connectivity index (χ2v) is 4.31. The minimum atomic E-state index is -0.999. The molecule has 100 valence electrons. The number of esters is 1. The molecule has 5 heteroatoms. The quantitative estimate of drug-likeness (QED) is 0.622. The second-order valence-electron chi connectivity index (χ2n) is 4.31. The van der Waals surface area contributed by atoms with Crippen molar-refractivity contribution in [3.63, 3.8) is 0 Å². The molecule has 0 saturated carbocycles. The lowest BCUT2D eigenvalue weighted by Gasteiger charge is -2.21. The van der Waals surface area contributed by atoms with Crippen molar-refractivity contribution in [3.8, 4) is 5.75 Å². The van der Waals surface area contributed by atoms with Gasteiger partial charge in [-0.05, 0) is 44.0 Å². The third-order valence-electron chi connectivity index (χ3n) is 2.57. The lowest BCUT2D eigenvalue weighted by atomic mass is 9.98. The first-order chi connectivity index (χ1) is 8.45. The van der Waals surface area contributed by atoms with Gasteiger partial charge in [-0.3, -0.25) is 4.79 Å². The second kappa shape index (κ2) is 6.35. The predicted octanol–water partition coefficient (Wildman–Crippen LogP) is 1.88. The molecule has 1 unspecified atom stereocenters. The highest BCUT2D eigenvalue weighted by molar-refractivity contribution is 5.79. The molecule has 0 heterocycles. The molecule has 1 rings (SSSR count). The highest BCUT2D eigenvalue weighted by Crippen LogP contribution is 2.14. The fraction of sp³-hybridized carbons (Fsp3) is 0.462. The van der Waals surface area contributed by atoms with Gasteiger partial charge in [0.1, 0.15) is 17.1 Å². The van der Waals surface area contributed by atoms with E-state index < -0.39 is 11.5 Å². The van der Waals surface area contributed by atoms with Crippen molar-refractivity contribution in [2.24, 2.45) is 5.73 Å². The molecular formula is C13H18FNO3. The maximum absolute atomic E-state index is 12.6. The summed E-state index contributed by atoms with van der Waals surface area (Å²) in [6.07, 6.45) is 1.07. The number of nitrogens with two attached hydrogens (primary N) is 1. The summed E-state index contributed by atoms with van der Waals surface area (Å²) >= 11 is 0. The SMILES string of the molecule is COC(=O)C(C)(N)CCCOc1ccc(F)cc1. The van der Waals surface area contributed by atoms with Crippen LogP contribution in [0.4, 0.5) is 4.39 Å². The third kappa shape index (κ3) is 4.33. The van der Waals surface area contributed by atoms with E-state index in [9.17, 15) is 9.18 Å². The van der Waals surface area contributed by atoms with Crippen LogP contribution in [0.2, 0.25) is 0 Å². The van der Waals surface area contributed by atoms with Gasteiger partial charge in [0.15, 0.2) is 0 Å². The summed E-state index contributed by atoms with van der Waals surface area (Å²) in [5.41, 5.74) is 4.79. The summed E-state index contributed by atoms with van der Waals surface area (Å²) < 4.78 is 22.6. The molecule has 0 saturated heterocycles. The molecule has 18 heavy (non-hydrogen) atoms. The molecular weight excluding hydrogens is 237 g/mol. The average Bonchev–Trinajstić information content (AvgIpc) is 2.35. The van der Waals surface area contributed by atoms with Gasteiger partial charge in [0.2, 0.25) is 0 Å². The first-order valence-corrected chi connectivity index (χ1v) is 5.71. The molecule has 0 aliphatic heterocycles. The van der Waals surface area contributed by atoms with Crippen LogP contribution in [0.5, 0.6) is 5.75 Å². The molecule has 0 bridgehead atoms. The van der Waals surface area contributed by atoms with Gasteiger partial charge in [0.25, 0.3) is 0 Å². The molecule has 2 N–H and O–H groups in total. The molecule has 1 atom stereocenters. The number of hydrogen-bond donors (Lipinski definition) is 1. The van der Waals surface area contributed by atoms with E-state index in [1.54, 1.807) is 19.1 Å². The number of methoxy groups -OCH3 is 1. The molecule has 0 spiro atoms. The van der Waals surface area contributed by atoms with Gasteiger partial charge < -0.3 is 15.2 Å². The highest BCUT2D eigenvalue weighted by Gasteiger charge is 2.28. The van der Waals surface area contributed by atoms with Gasteiger partial charge in [-0.15, -0.1) is 0 Å². The number of benzene rings is 1. The molecule has 0 radical (unpaired) electrons. The number of halogens is 1. The highest BCUT2D eigenvalue weighted by atomic mass is 19.1. The standard InChI is InChI=1S/C13H18FNO3/c1-13(15,12(16)17-2)8-3-9-18-11-6-4-10(14)5-7-11/h4-7H,3,8-9,15H2,1-2H3. The van der Waals surface area contributed by atoms with Crippen molar-refractivity contribution < 1.29 is 18.7 Å². The van der Waals surface area contributed by atoms with Crippen molar-refractivity contribution in [3.05, 3.63) is 30.1 Å². The van der Waals surface area contributed by atoms with Crippen LogP contribution >= 0.6 is 0 Å². The van der Waals surface area contributed by atoms with Gasteiger partial charge >= 0.3 is 5.97 Å². The van der Waals surface area contributed by atoms with Gasteiger partial charge in [0.05, 0.1) is 13.7 Å². The van der Waals surface area contributed by atoms with E-state index in [0.29, 0.717) is 25.2 Å². The molecule has 1 aromatic rings. The Morgan fingerprint density at radius 3 is 2.56 bits per heavy atom. The Bertz CT molecular complexity index is 390. The van der Waals surface area contributed by atoms with Crippen molar-refractivity contribution >= 4 is 5.97 Å². The minimum absolute atomic E-state index is 0.303. The van der Waals surface area contributed by atoms with E-state index in [1.165, 1.54) is 19.2 Å². The summed E-state index contributed by atoms with van der Waals surface area (Å²) in [6, 6.07) is 5.77. The van der Waals surface area contributed by atoms with Crippen LogP contribution in [-0.4, -0.2) is 25.2 Å². The summed E-state index contributed by atoms with van der Waals surface area (Å²) in [5.74, 6) is -0.153. The molecule has 4 nitrogen and oxygen atoms in total. The number of carbonyl (C=O) groups excluding carboxylic acids is 1. The predicted molar refractivity (Wildman–Crippen MR) is 65.7 cm³/mol. The molecule has 1 aromatic carbocycles. The number of hydrogen-bond acceptors (Lipinski definition) is 4. The smallest absolute Gasteiger partial charge is 0.325 e. The van der Waals surface area contributed by atoms with Crippen molar-refractivity contribution in [2.75, 3.05) is 13.7 Å². The zero-order valence-corrected chi connectivity index (χ0v) is 10.6. The summed E-state index contributed by atoms with van der Waals surface area (Å²) in [7, 11) is 1.31. The van der Waals surface area contributed by atoms with Crippen LogP contribution in [0, 0.1) is 5.82 Å². The maximum Gasteiger partial charge on any atom is 0.325 e. The van der Waals surface area contributed by atoms with E-state index >= 15 is 0 Å². The number of carbonyl (C=O) groups is 1. The Morgan fingerprint density at radius 2 is 2.00 bits per heavy atom. The summed E-state index contributed by atoms with van der Waals surface area (Å²) in [4.78, 5) is 11.3. The van der Waals surface area contributed by atoms with Crippen molar-refractivity contribution in [1.82, 2.24) is 0 Å². The normalized spacial score (nSPS) is 13.8. The van der Waals surface area contributed by atoms with E-state index in [0.717, 1.165) is 0 Å². The van der Waals surface area contributed by atoms with Crippen molar-refractivity contribution in [2.45, 2.75) is 25.3 Å². The zero-order chi connectivity index (χ0) is 13.6. The average molecular weight is 255 g/mol. The molecule has 0 amide bonds. The molecule has 0 fully saturated rings. The molecule has 0 aliphatic rings. The van der Waals surface area contributed by atoms with Gasteiger partial charge in [-0.25, -0.2) is 4.39 Å². The van der Waals surface area contributed by atoms with E-state index in [4.69, 9.17) is 10.5 Å². The summed E-state index contributed by atoms with van der Waals surface area (Å²) in [6.45, 7) is 2.03. The fourth-order valence-corrected chi connectivity index (χ4v) is 1.50. The van der Waals surface area contributed by atoms with Crippen LogP contribution < -0.4 is 10.5 Å². The topological polar surface area (TPSA) is 61.5 Å². The Labute approximate surface area is 106 Å². The van der Waals surface area contributed by atoms with E-state index in [-0.39, 0.29) is 5.82 Å². The molecule has 0 aliphatic carbocycles. The number of ether oxygens (including phenoxy) is 2. The lowest BCUT2D eigenvalue weighted by Crippen LogP contribution is -2.45. The van der Waals surface area contributed by atoms with Gasteiger partial charge in [-0.1, -0.05) is 0 Å². The van der Waals surface area contributed by atoms with Crippen LogP contribution in [0.1, 0.15) is 19.8 Å². The Morgan fingerprint density at radius 1 is 1.39 bits per heavy atom. The third-order valence-corrected chi connectivity index (χ3v) is 2.57. The van der Waals surface area contributed by atoms with Crippen LogP contribution in [0.25, 0.3) is 0 Å². The Balaban J connectivity index is 2.30. The first-order valence-electron chi connectivity index (χ1n) is 5.71. The monoisotopic (exact) mass is 255 g/mol. The van der Waals surface area contributed by atoms with Gasteiger partial charge in [0, 0.05) is 0 Å². The Hall–Kier alpha value is -1.62. The fourth-order valence-electron chi connectivity index (χ4n) is 1.50. The van der Waals surface area contributed by atoms with Gasteiger partial charge in [-0.2, -0.15) is 0 Å². The van der Waals surface area contributed by atoms with E-state index in [1.807, 2.05) is 0 Å². The summed E-state index contributed by atoms with van der Waals surface area (Å²) in [5, 5.41) is 0. The Kier molecular flexibility index (Phi) is 5.09. The molecule has 0 aromatic heterocycles. The number of rotatable bonds is 6.